The Morgan fingerprint density at radius 2 is 1.63 bits per heavy atom. The summed E-state index contributed by atoms with van der Waals surface area (Å²) in [6, 6.07) is 12.4. The molecule has 7 heteroatoms. The van der Waals surface area contributed by atoms with Crippen molar-refractivity contribution in [1.82, 2.24) is 10.2 Å². The average Bonchev–Trinajstić information content (AvgIpc) is 2.82. The zero-order chi connectivity index (χ0) is 25.6. The number of hydrogen-bond acceptors (Lipinski definition) is 3. The van der Waals surface area contributed by atoms with Gasteiger partial charge in [-0.25, -0.2) is 0 Å². The average molecular weight is 520 g/mol. The highest BCUT2D eigenvalue weighted by Crippen LogP contribution is 2.27. The number of hydrogen-bond donors (Lipinski definition) is 1. The molecule has 1 saturated carbocycles. The third kappa shape index (κ3) is 7.62. The molecule has 0 aromatic heterocycles. The fourth-order valence-corrected chi connectivity index (χ4v) is 4.80. The molecule has 0 radical (unpaired) electrons. The van der Waals surface area contributed by atoms with Crippen LogP contribution in [-0.4, -0.2) is 35.4 Å². The van der Waals surface area contributed by atoms with Crippen LogP contribution in [0.15, 0.2) is 42.5 Å². The maximum atomic E-state index is 13.3. The minimum absolute atomic E-state index is 0.0283. The number of carbonyl (C=O) groups excluding carboxylic acids is 2. The third-order valence-electron chi connectivity index (χ3n) is 6.59. The Morgan fingerprint density at radius 3 is 2.20 bits per heavy atom. The van der Waals surface area contributed by atoms with Gasteiger partial charge in [-0.15, -0.1) is 0 Å². The summed E-state index contributed by atoms with van der Waals surface area (Å²) < 4.78 is 5.81. The first-order chi connectivity index (χ1) is 16.6. The van der Waals surface area contributed by atoms with Crippen molar-refractivity contribution in [1.29, 1.82) is 0 Å². The van der Waals surface area contributed by atoms with Gasteiger partial charge in [0.1, 0.15) is 11.8 Å². The third-order valence-corrected chi connectivity index (χ3v) is 7.30. The summed E-state index contributed by atoms with van der Waals surface area (Å²) in [6.07, 6.45) is 5.36. The van der Waals surface area contributed by atoms with Gasteiger partial charge in [-0.05, 0) is 55.0 Å². The Labute approximate surface area is 219 Å². The molecule has 0 bridgehead atoms. The number of benzene rings is 2. The predicted molar refractivity (Wildman–Crippen MR) is 142 cm³/mol. The summed E-state index contributed by atoms with van der Waals surface area (Å²) in [5.41, 5.74) is 1.82. The molecule has 1 fully saturated rings. The summed E-state index contributed by atoms with van der Waals surface area (Å²) in [6.45, 7) is 8.08. The molecule has 2 aromatic carbocycles. The van der Waals surface area contributed by atoms with Gasteiger partial charge in [0.2, 0.25) is 5.91 Å². The van der Waals surface area contributed by atoms with E-state index in [0.29, 0.717) is 21.4 Å². The topological polar surface area (TPSA) is 58.6 Å². The van der Waals surface area contributed by atoms with Gasteiger partial charge in [-0.3, -0.25) is 9.59 Å². The number of carbonyl (C=O) groups is 2. The molecular formula is C28H36Cl2N2O3. The van der Waals surface area contributed by atoms with Crippen LogP contribution in [0.5, 0.6) is 5.75 Å². The molecule has 5 nitrogen and oxygen atoms in total. The smallest absolute Gasteiger partial charge is 0.261 e. The van der Waals surface area contributed by atoms with E-state index in [1.54, 1.807) is 25.1 Å². The molecular weight excluding hydrogens is 483 g/mol. The monoisotopic (exact) mass is 518 g/mol. The van der Waals surface area contributed by atoms with Crippen molar-refractivity contribution in [3.05, 3.63) is 63.6 Å². The Kier molecular flexibility index (Phi) is 9.48. The van der Waals surface area contributed by atoms with Crippen LogP contribution in [0.4, 0.5) is 0 Å². The van der Waals surface area contributed by atoms with E-state index in [-0.39, 0.29) is 36.4 Å². The first kappa shape index (κ1) is 27.3. The highest BCUT2D eigenvalue weighted by molar-refractivity contribution is 6.36. The summed E-state index contributed by atoms with van der Waals surface area (Å²) in [4.78, 5) is 27.9. The van der Waals surface area contributed by atoms with Gasteiger partial charge < -0.3 is 15.0 Å². The maximum absolute atomic E-state index is 13.3. The predicted octanol–water partition coefficient (Wildman–Crippen LogP) is 6.54. The van der Waals surface area contributed by atoms with Crippen LogP contribution in [0.3, 0.4) is 0 Å². The lowest BCUT2D eigenvalue weighted by atomic mass is 9.87. The van der Waals surface area contributed by atoms with Crippen molar-refractivity contribution in [3.63, 3.8) is 0 Å². The molecule has 1 aliphatic carbocycles. The van der Waals surface area contributed by atoms with Crippen LogP contribution in [0.2, 0.25) is 10.0 Å². The Hall–Kier alpha value is -2.24. The van der Waals surface area contributed by atoms with Crippen LogP contribution in [0.1, 0.15) is 70.9 Å². The number of rotatable bonds is 8. The van der Waals surface area contributed by atoms with Crippen molar-refractivity contribution >= 4 is 35.0 Å². The van der Waals surface area contributed by atoms with Crippen molar-refractivity contribution in [2.75, 3.05) is 6.61 Å². The summed E-state index contributed by atoms with van der Waals surface area (Å²) in [7, 11) is 0. The van der Waals surface area contributed by atoms with E-state index in [0.717, 1.165) is 25.7 Å². The molecule has 0 saturated heterocycles. The van der Waals surface area contributed by atoms with Crippen LogP contribution < -0.4 is 10.1 Å². The molecule has 1 aliphatic rings. The van der Waals surface area contributed by atoms with Gasteiger partial charge in [0.25, 0.3) is 5.91 Å². The summed E-state index contributed by atoms with van der Waals surface area (Å²) in [5.74, 6) is 0.108. The molecule has 0 spiro atoms. The Morgan fingerprint density at radius 1 is 1.03 bits per heavy atom. The van der Waals surface area contributed by atoms with Gasteiger partial charge in [-0.1, -0.05) is 81.4 Å². The second kappa shape index (κ2) is 12.1. The molecule has 1 N–H and O–H groups in total. The lowest BCUT2D eigenvalue weighted by Gasteiger charge is -2.31. The van der Waals surface area contributed by atoms with Gasteiger partial charge in [0.15, 0.2) is 6.61 Å². The summed E-state index contributed by atoms with van der Waals surface area (Å²) in [5, 5.41) is 4.03. The number of nitrogens with one attached hydrogen (secondary N) is 1. The van der Waals surface area contributed by atoms with Crippen LogP contribution >= 0.6 is 23.2 Å². The van der Waals surface area contributed by atoms with E-state index in [2.05, 4.69) is 26.1 Å². The van der Waals surface area contributed by atoms with Gasteiger partial charge in [-0.2, -0.15) is 0 Å². The first-order valence-corrected chi connectivity index (χ1v) is 13.1. The Balaban J connectivity index is 1.74. The molecule has 2 amide bonds. The van der Waals surface area contributed by atoms with Crippen molar-refractivity contribution < 1.29 is 14.3 Å². The van der Waals surface area contributed by atoms with Gasteiger partial charge >= 0.3 is 0 Å². The standard InChI is InChI=1S/C28H36Cl2N2O3/c1-19(27(34)31-21-9-6-5-7-10-21)32(17-23-24(29)11-8-12-25(23)30)26(33)18-35-22-15-13-20(14-16-22)28(2,3)4/h8,11-16,19,21H,5-7,9-10,17-18H2,1-4H3,(H,31,34). The van der Waals surface area contributed by atoms with Crippen LogP contribution in [-0.2, 0) is 21.5 Å². The molecule has 35 heavy (non-hydrogen) atoms. The molecule has 1 unspecified atom stereocenters. The van der Waals surface area contributed by atoms with E-state index in [1.807, 2.05) is 24.3 Å². The molecule has 190 valence electrons. The molecule has 0 aliphatic heterocycles. The van der Waals surface area contributed by atoms with Crippen LogP contribution in [0.25, 0.3) is 0 Å². The number of halogens is 2. The molecule has 1 atom stereocenters. The lowest BCUT2D eigenvalue weighted by molar-refractivity contribution is -0.142. The largest absolute Gasteiger partial charge is 0.484 e. The Bertz CT molecular complexity index is 992. The van der Waals surface area contributed by atoms with E-state index >= 15 is 0 Å². The minimum Gasteiger partial charge on any atom is -0.484 e. The quantitative estimate of drug-likeness (QED) is 0.431. The van der Waals surface area contributed by atoms with E-state index in [9.17, 15) is 9.59 Å². The first-order valence-electron chi connectivity index (χ1n) is 12.3. The zero-order valence-corrected chi connectivity index (χ0v) is 22.6. The number of ether oxygens (including phenoxy) is 1. The minimum atomic E-state index is -0.705. The highest BCUT2D eigenvalue weighted by atomic mass is 35.5. The van der Waals surface area contributed by atoms with Crippen molar-refractivity contribution in [3.8, 4) is 5.75 Å². The SMILES string of the molecule is CC(C(=O)NC1CCCCC1)N(Cc1c(Cl)cccc1Cl)C(=O)COc1ccc(C(C)(C)C)cc1. The summed E-state index contributed by atoms with van der Waals surface area (Å²) >= 11 is 12.8. The second-order valence-corrected chi connectivity index (χ2v) is 11.1. The lowest BCUT2D eigenvalue weighted by Crippen LogP contribution is -2.51. The maximum Gasteiger partial charge on any atom is 0.261 e. The van der Waals surface area contributed by atoms with E-state index in [1.165, 1.54) is 16.9 Å². The fourth-order valence-electron chi connectivity index (χ4n) is 4.28. The normalized spacial score (nSPS) is 15.4. The van der Waals surface area contributed by atoms with Crippen LogP contribution in [0, 0.1) is 0 Å². The second-order valence-electron chi connectivity index (χ2n) is 10.3. The number of nitrogens with zero attached hydrogens (tertiary/aromatic N) is 1. The van der Waals surface area contributed by atoms with Gasteiger partial charge in [0, 0.05) is 28.2 Å². The highest BCUT2D eigenvalue weighted by Gasteiger charge is 2.29. The number of amides is 2. The molecule has 2 aromatic rings. The fraction of sp³-hybridized carbons (Fsp3) is 0.500. The van der Waals surface area contributed by atoms with Crippen molar-refractivity contribution in [2.24, 2.45) is 0 Å². The van der Waals surface area contributed by atoms with Gasteiger partial charge in [0.05, 0.1) is 0 Å². The van der Waals surface area contributed by atoms with E-state index in [4.69, 9.17) is 27.9 Å². The molecule has 3 rings (SSSR count). The van der Waals surface area contributed by atoms with Crippen molar-refractivity contribution in [2.45, 2.75) is 83.8 Å². The molecule has 0 heterocycles. The van der Waals surface area contributed by atoms with E-state index < -0.39 is 6.04 Å². The zero-order valence-electron chi connectivity index (χ0n) is 21.1.